The summed E-state index contributed by atoms with van der Waals surface area (Å²) in [6.07, 6.45) is 10.7. The van der Waals surface area contributed by atoms with Crippen molar-refractivity contribution in [2.24, 2.45) is 0 Å². The normalized spacial score (nSPS) is 10.8. The van der Waals surface area contributed by atoms with Crippen LogP contribution in [-0.2, 0) is 6.42 Å². The number of aryl methyl sites for hydroxylation is 3. The summed E-state index contributed by atoms with van der Waals surface area (Å²) in [5, 5.41) is 3.76. The standard InChI is InChI=1S/C22H32ClN3O/c1-4-5-6-7-8-9-10-19-11-12-20(17(2)15-19)27-14-13-24-22-21(23)18(3)25-16-26-22/h11-12,15-16H,4-10,13-14H2,1-3H3,(H,24,25,26). The number of hydrogen-bond donors (Lipinski definition) is 1. The first-order chi connectivity index (χ1) is 13.1. The third-order valence-electron chi connectivity index (χ3n) is 4.67. The summed E-state index contributed by atoms with van der Waals surface area (Å²) in [7, 11) is 0. The van der Waals surface area contributed by atoms with Crippen molar-refractivity contribution in [1.82, 2.24) is 9.97 Å². The van der Waals surface area contributed by atoms with E-state index in [0.29, 0.717) is 24.0 Å². The van der Waals surface area contributed by atoms with Crippen molar-refractivity contribution in [3.8, 4) is 5.75 Å². The van der Waals surface area contributed by atoms with Gasteiger partial charge in [0.2, 0.25) is 0 Å². The van der Waals surface area contributed by atoms with Gasteiger partial charge in [-0.15, -0.1) is 0 Å². The number of nitrogens with zero attached hydrogens (tertiary/aromatic N) is 2. The number of ether oxygens (including phenoxy) is 1. The third-order valence-corrected chi connectivity index (χ3v) is 5.13. The smallest absolute Gasteiger partial charge is 0.148 e. The van der Waals surface area contributed by atoms with E-state index >= 15 is 0 Å². The zero-order valence-corrected chi connectivity index (χ0v) is 17.6. The number of aromatic nitrogens is 2. The molecule has 1 aromatic heterocycles. The molecule has 1 N–H and O–H groups in total. The highest BCUT2D eigenvalue weighted by Gasteiger charge is 2.05. The molecule has 2 aromatic rings. The Hall–Kier alpha value is -1.81. The highest BCUT2D eigenvalue weighted by molar-refractivity contribution is 6.33. The quantitative estimate of drug-likeness (QED) is 0.443. The van der Waals surface area contributed by atoms with Gasteiger partial charge in [0.15, 0.2) is 0 Å². The lowest BCUT2D eigenvalue weighted by Gasteiger charge is -2.12. The monoisotopic (exact) mass is 389 g/mol. The number of anilines is 1. The molecule has 1 heterocycles. The lowest BCUT2D eigenvalue weighted by Crippen LogP contribution is -2.13. The summed E-state index contributed by atoms with van der Waals surface area (Å²) in [6, 6.07) is 6.52. The lowest BCUT2D eigenvalue weighted by atomic mass is 10.0. The van der Waals surface area contributed by atoms with Crippen LogP contribution in [0.5, 0.6) is 5.75 Å². The van der Waals surface area contributed by atoms with E-state index < -0.39 is 0 Å². The molecule has 0 atom stereocenters. The summed E-state index contributed by atoms with van der Waals surface area (Å²) < 4.78 is 5.90. The van der Waals surface area contributed by atoms with Gasteiger partial charge >= 0.3 is 0 Å². The average molecular weight is 390 g/mol. The molecule has 0 aliphatic carbocycles. The van der Waals surface area contributed by atoms with Gasteiger partial charge in [0, 0.05) is 0 Å². The maximum absolute atomic E-state index is 6.18. The van der Waals surface area contributed by atoms with Crippen LogP contribution in [0.3, 0.4) is 0 Å². The molecule has 27 heavy (non-hydrogen) atoms. The van der Waals surface area contributed by atoms with Gasteiger partial charge in [-0.3, -0.25) is 0 Å². The second-order valence-corrected chi connectivity index (χ2v) is 7.39. The van der Waals surface area contributed by atoms with E-state index in [9.17, 15) is 0 Å². The molecule has 0 saturated heterocycles. The zero-order valence-electron chi connectivity index (χ0n) is 16.9. The molecule has 2 rings (SSSR count). The summed E-state index contributed by atoms with van der Waals surface area (Å²) in [5.74, 6) is 1.59. The molecule has 0 unspecified atom stereocenters. The van der Waals surface area contributed by atoms with Crippen molar-refractivity contribution in [2.45, 2.75) is 65.7 Å². The molecular weight excluding hydrogens is 358 g/mol. The number of nitrogens with one attached hydrogen (secondary N) is 1. The topological polar surface area (TPSA) is 47.0 Å². The maximum atomic E-state index is 6.18. The molecular formula is C22H32ClN3O. The second kappa shape index (κ2) is 11.8. The van der Waals surface area contributed by atoms with Crippen LogP contribution < -0.4 is 10.1 Å². The molecule has 1 aromatic carbocycles. The summed E-state index contributed by atoms with van der Waals surface area (Å²) in [6.45, 7) is 7.42. The number of benzene rings is 1. The fourth-order valence-electron chi connectivity index (χ4n) is 3.05. The molecule has 0 radical (unpaired) electrons. The van der Waals surface area contributed by atoms with Crippen molar-refractivity contribution in [2.75, 3.05) is 18.5 Å². The molecule has 0 fully saturated rings. The van der Waals surface area contributed by atoms with Gasteiger partial charge < -0.3 is 10.1 Å². The van der Waals surface area contributed by atoms with Crippen LogP contribution in [0.25, 0.3) is 0 Å². The van der Waals surface area contributed by atoms with E-state index in [1.165, 1.54) is 56.0 Å². The molecule has 0 aliphatic heterocycles. The van der Waals surface area contributed by atoms with Gasteiger partial charge in [-0.1, -0.05) is 62.8 Å². The molecule has 0 bridgehead atoms. The summed E-state index contributed by atoms with van der Waals surface area (Å²) in [5.41, 5.74) is 3.36. The summed E-state index contributed by atoms with van der Waals surface area (Å²) >= 11 is 6.18. The van der Waals surface area contributed by atoms with E-state index in [4.69, 9.17) is 16.3 Å². The van der Waals surface area contributed by atoms with Gasteiger partial charge in [-0.25, -0.2) is 9.97 Å². The van der Waals surface area contributed by atoms with Crippen LogP contribution in [0.1, 0.15) is 62.3 Å². The molecule has 0 aliphatic rings. The molecule has 0 amide bonds. The third kappa shape index (κ3) is 7.37. The van der Waals surface area contributed by atoms with Crippen molar-refractivity contribution in [3.05, 3.63) is 46.4 Å². The largest absolute Gasteiger partial charge is 0.491 e. The van der Waals surface area contributed by atoms with Gasteiger partial charge in [0.25, 0.3) is 0 Å². The van der Waals surface area contributed by atoms with E-state index in [-0.39, 0.29) is 0 Å². The molecule has 5 heteroatoms. The van der Waals surface area contributed by atoms with E-state index in [1.807, 2.05) is 6.92 Å². The first-order valence-electron chi connectivity index (χ1n) is 10.0. The Morgan fingerprint density at radius 2 is 1.81 bits per heavy atom. The first kappa shape index (κ1) is 21.5. The number of halogens is 1. The van der Waals surface area contributed by atoms with Crippen molar-refractivity contribution < 1.29 is 4.74 Å². The van der Waals surface area contributed by atoms with E-state index in [1.54, 1.807) is 0 Å². The molecule has 0 spiro atoms. The predicted molar refractivity (Wildman–Crippen MR) is 114 cm³/mol. The first-order valence-corrected chi connectivity index (χ1v) is 10.4. The van der Waals surface area contributed by atoms with Crippen molar-refractivity contribution >= 4 is 17.4 Å². The summed E-state index contributed by atoms with van der Waals surface area (Å²) in [4.78, 5) is 8.22. The maximum Gasteiger partial charge on any atom is 0.148 e. The Kier molecular flexibility index (Phi) is 9.40. The second-order valence-electron chi connectivity index (χ2n) is 7.01. The van der Waals surface area contributed by atoms with Crippen LogP contribution in [-0.4, -0.2) is 23.1 Å². The molecule has 4 nitrogen and oxygen atoms in total. The van der Waals surface area contributed by atoms with Gasteiger partial charge in [0.1, 0.15) is 29.5 Å². The lowest BCUT2D eigenvalue weighted by molar-refractivity contribution is 0.330. The van der Waals surface area contributed by atoms with Crippen molar-refractivity contribution in [3.63, 3.8) is 0 Å². The van der Waals surface area contributed by atoms with Crippen LogP contribution in [0.4, 0.5) is 5.82 Å². The Morgan fingerprint density at radius 3 is 2.59 bits per heavy atom. The number of unbranched alkanes of at least 4 members (excludes halogenated alkanes) is 5. The fraction of sp³-hybridized carbons (Fsp3) is 0.545. The SMILES string of the molecule is CCCCCCCCc1ccc(OCCNc2ncnc(C)c2Cl)c(C)c1. The zero-order chi connectivity index (χ0) is 19.5. The number of hydrogen-bond acceptors (Lipinski definition) is 4. The average Bonchev–Trinajstić information content (AvgIpc) is 2.66. The minimum atomic E-state index is 0.553. The van der Waals surface area contributed by atoms with Crippen LogP contribution in [0.15, 0.2) is 24.5 Å². The highest BCUT2D eigenvalue weighted by atomic mass is 35.5. The Morgan fingerprint density at radius 1 is 1.04 bits per heavy atom. The fourth-order valence-corrected chi connectivity index (χ4v) is 3.21. The minimum absolute atomic E-state index is 0.553. The van der Waals surface area contributed by atoms with E-state index in [0.717, 1.165) is 17.9 Å². The minimum Gasteiger partial charge on any atom is -0.491 e. The molecule has 148 valence electrons. The van der Waals surface area contributed by atoms with Crippen molar-refractivity contribution in [1.29, 1.82) is 0 Å². The van der Waals surface area contributed by atoms with Crippen LogP contribution in [0.2, 0.25) is 5.02 Å². The highest BCUT2D eigenvalue weighted by Crippen LogP contribution is 2.22. The Labute approximate surface area is 168 Å². The van der Waals surface area contributed by atoms with E-state index in [2.05, 4.69) is 47.3 Å². The number of rotatable bonds is 12. The predicted octanol–water partition coefficient (Wildman–Crippen LogP) is 6.14. The van der Waals surface area contributed by atoms with Gasteiger partial charge in [0.05, 0.1) is 12.2 Å². The Balaban J connectivity index is 1.71. The van der Waals surface area contributed by atoms with Gasteiger partial charge in [-0.05, 0) is 43.9 Å². The Bertz CT molecular complexity index is 706. The van der Waals surface area contributed by atoms with Crippen LogP contribution in [0, 0.1) is 13.8 Å². The van der Waals surface area contributed by atoms with Gasteiger partial charge in [-0.2, -0.15) is 0 Å². The molecule has 0 saturated carbocycles. The van der Waals surface area contributed by atoms with Crippen LogP contribution >= 0.6 is 11.6 Å².